The quantitative estimate of drug-likeness (QED) is 0.603. The molecule has 2 nitrogen and oxygen atoms in total. The van der Waals surface area contributed by atoms with E-state index in [4.69, 9.17) is 0 Å². The Kier molecular flexibility index (Phi) is 3.16. The lowest BCUT2D eigenvalue weighted by Gasteiger charge is -2.18. The van der Waals surface area contributed by atoms with Crippen molar-refractivity contribution in [2.45, 2.75) is 26.3 Å². The minimum Gasteiger partial charge on any atom is -0.316 e. The number of rotatable bonds is 3. The third kappa shape index (κ3) is 1.96. The molecule has 1 heterocycles. The van der Waals surface area contributed by atoms with Crippen LogP contribution in [0.2, 0.25) is 0 Å². The molecule has 0 saturated carbocycles. The van der Waals surface area contributed by atoms with E-state index >= 15 is 0 Å². The predicted molar refractivity (Wildman–Crippen MR) is 44.1 cm³/mol. The molecule has 10 heavy (non-hydrogen) atoms. The van der Waals surface area contributed by atoms with Crippen LogP contribution in [0, 0.1) is 5.92 Å². The molecule has 60 valence electrons. The van der Waals surface area contributed by atoms with Gasteiger partial charge in [-0.25, -0.2) is 0 Å². The maximum absolute atomic E-state index is 3.45. The molecule has 1 aliphatic rings. The summed E-state index contributed by atoms with van der Waals surface area (Å²) in [7, 11) is 0. The zero-order valence-corrected chi connectivity index (χ0v) is 6.98. The van der Waals surface area contributed by atoms with Crippen molar-refractivity contribution in [1.82, 2.24) is 10.6 Å². The number of hydrogen-bond acceptors (Lipinski definition) is 2. The van der Waals surface area contributed by atoms with Crippen LogP contribution in [0.5, 0.6) is 0 Å². The lowest BCUT2D eigenvalue weighted by atomic mass is 10.0. The Morgan fingerprint density at radius 2 is 2.50 bits per heavy atom. The first kappa shape index (κ1) is 8.02. The highest BCUT2D eigenvalue weighted by Gasteiger charge is 2.19. The molecular weight excluding hydrogens is 124 g/mol. The Morgan fingerprint density at radius 3 is 3.00 bits per heavy atom. The second-order valence-electron chi connectivity index (χ2n) is 3.10. The highest BCUT2D eigenvalue weighted by Crippen LogP contribution is 2.11. The van der Waals surface area contributed by atoms with Gasteiger partial charge in [0.05, 0.1) is 0 Å². The van der Waals surface area contributed by atoms with Crippen molar-refractivity contribution in [2.75, 3.05) is 19.6 Å². The van der Waals surface area contributed by atoms with Crippen LogP contribution in [-0.2, 0) is 0 Å². The Labute approximate surface area is 63.4 Å². The highest BCUT2D eigenvalue weighted by molar-refractivity contribution is 4.79. The first-order valence-electron chi connectivity index (χ1n) is 4.28. The van der Waals surface area contributed by atoms with E-state index in [1.54, 1.807) is 0 Å². The summed E-state index contributed by atoms with van der Waals surface area (Å²) in [6.45, 7) is 7.95. The molecule has 2 atom stereocenters. The van der Waals surface area contributed by atoms with Crippen LogP contribution in [0.1, 0.15) is 20.3 Å². The van der Waals surface area contributed by atoms with Crippen molar-refractivity contribution in [3.63, 3.8) is 0 Å². The highest BCUT2D eigenvalue weighted by atomic mass is 15.0. The third-order valence-electron chi connectivity index (χ3n) is 2.33. The van der Waals surface area contributed by atoms with Crippen LogP contribution in [0.4, 0.5) is 0 Å². The van der Waals surface area contributed by atoms with Gasteiger partial charge in [0.25, 0.3) is 0 Å². The summed E-state index contributed by atoms with van der Waals surface area (Å²) in [6, 6.07) is 0.694. The van der Waals surface area contributed by atoms with Crippen molar-refractivity contribution in [2.24, 2.45) is 5.92 Å². The van der Waals surface area contributed by atoms with Gasteiger partial charge in [-0.1, -0.05) is 6.92 Å². The van der Waals surface area contributed by atoms with Gasteiger partial charge in [-0.05, 0) is 38.9 Å². The van der Waals surface area contributed by atoms with Crippen molar-refractivity contribution in [1.29, 1.82) is 0 Å². The van der Waals surface area contributed by atoms with Gasteiger partial charge >= 0.3 is 0 Å². The fourth-order valence-corrected chi connectivity index (χ4v) is 1.59. The van der Waals surface area contributed by atoms with E-state index in [-0.39, 0.29) is 0 Å². The minimum absolute atomic E-state index is 0.694. The zero-order valence-electron chi connectivity index (χ0n) is 6.98. The molecule has 0 aromatic carbocycles. The molecule has 1 saturated heterocycles. The summed E-state index contributed by atoms with van der Waals surface area (Å²) in [6.07, 6.45) is 1.34. The molecule has 0 unspecified atom stereocenters. The summed E-state index contributed by atoms with van der Waals surface area (Å²) in [4.78, 5) is 0. The third-order valence-corrected chi connectivity index (χ3v) is 2.33. The predicted octanol–water partition coefficient (Wildman–Crippen LogP) is 0.594. The zero-order chi connectivity index (χ0) is 7.40. The van der Waals surface area contributed by atoms with Gasteiger partial charge < -0.3 is 10.6 Å². The molecule has 2 heteroatoms. The summed E-state index contributed by atoms with van der Waals surface area (Å²) in [5, 5.41) is 6.82. The largest absolute Gasteiger partial charge is 0.316 e. The Bertz CT molecular complexity index is 87.3. The van der Waals surface area contributed by atoms with Crippen molar-refractivity contribution >= 4 is 0 Å². The maximum Gasteiger partial charge on any atom is 0.00794 e. The lowest BCUT2D eigenvalue weighted by molar-refractivity contribution is 0.408. The Morgan fingerprint density at radius 1 is 1.70 bits per heavy atom. The minimum atomic E-state index is 0.694. The molecule has 0 amide bonds. The van der Waals surface area contributed by atoms with Gasteiger partial charge in [-0.3, -0.25) is 0 Å². The van der Waals surface area contributed by atoms with Gasteiger partial charge in [0.1, 0.15) is 0 Å². The topological polar surface area (TPSA) is 24.1 Å². The molecule has 1 rings (SSSR count). The molecule has 0 aromatic rings. The molecule has 1 fully saturated rings. The fourth-order valence-electron chi connectivity index (χ4n) is 1.59. The van der Waals surface area contributed by atoms with Gasteiger partial charge in [0.15, 0.2) is 0 Å². The molecule has 0 aliphatic carbocycles. The molecule has 0 aromatic heterocycles. The maximum atomic E-state index is 3.45. The van der Waals surface area contributed by atoms with E-state index in [2.05, 4.69) is 24.5 Å². The van der Waals surface area contributed by atoms with Crippen LogP contribution in [0.3, 0.4) is 0 Å². The van der Waals surface area contributed by atoms with E-state index in [0.717, 1.165) is 12.5 Å². The van der Waals surface area contributed by atoms with Gasteiger partial charge in [-0.2, -0.15) is 0 Å². The van der Waals surface area contributed by atoms with Crippen LogP contribution < -0.4 is 10.6 Å². The van der Waals surface area contributed by atoms with Crippen molar-refractivity contribution in [3.05, 3.63) is 0 Å². The van der Waals surface area contributed by atoms with Crippen LogP contribution >= 0.6 is 0 Å². The van der Waals surface area contributed by atoms with Crippen molar-refractivity contribution in [3.8, 4) is 0 Å². The van der Waals surface area contributed by atoms with Gasteiger partial charge in [0.2, 0.25) is 0 Å². The van der Waals surface area contributed by atoms with Crippen LogP contribution in [0.15, 0.2) is 0 Å². The average Bonchev–Trinajstić information content (AvgIpc) is 2.38. The summed E-state index contributed by atoms with van der Waals surface area (Å²) in [5.74, 6) is 0.861. The van der Waals surface area contributed by atoms with E-state index in [1.807, 2.05) is 0 Å². The molecular formula is C8H18N2. The summed E-state index contributed by atoms with van der Waals surface area (Å²) >= 11 is 0. The van der Waals surface area contributed by atoms with E-state index in [9.17, 15) is 0 Å². The van der Waals surface area contributed by atoms with Crippen molar-refractivity contribution < 1.29 is 0 Å². The number of nitrogens with one attached hydrogen (secondary N) is 2. The Hall–Kier alpha value is -0.0800. The summed E-state index contributed by atoms with van der Waals surface area (Å²) in [5.41, 5.74) is 0. The molecule has 0 spiro atoms. The Balaban J connectivity index is 2.18. The van der Waals surface area contributed by atoms with E-state index in [0.29, 0.717) is 6.04 Å². The molecule has 2 N–H and O–H groups in total. The first-order chi connectivity index (χ1) is 4.84. The molecule has 0 radical (unpaired) electrons. The van der Waals surface area contributed by atoms with Crippen LogP contribution in [-0.4, -0.2) is 25.7 Å². The first-order valence-corrected chi connectivity index (χ1v) is 4.28. The molecule has 1 aliphatic heterocycles. The normalized spacial score (nSPS) is 28.8. The summed E-state index contributed by atoms with van der Waals surface area (Å²) < 4.78 is 0. The standard InChI is InChI=1S/C8H18N2/c1-3-10-7(2)8-4-5-9-6-8/h7-10H,3-6H2,1-2H3/t7-,8+/m0/s1. The smallest absolute Gasteiger partial charge is 0.00794 e. The number of hydrogen-bond donors (Lipinski definition) is 2. The SMILES string of the molecule is CCN[C@@H](C)[C@@H]1CCNC1. The lowest BCUT2D eigenvalue weighted by Crippen LogP contribution is -2.34. The van der Waals surface area contributed by atoms with E-state index < -0.39 is 0 Å². The monoisotopic (exact) mass is 142 g/mol. The fraction of sp³-hybridized carbons (Fsp3) is 1.00. The van der Waals surface area contributed by atoms with Gasteiger partial charge in [0, 0.05) is 6.04 Å². The second kappa shape index (κ2) is 3.94. The van der Waals surface area contributed by atoms with Gasteiger partial charge in [-0.15, -0.1) is 0 Å². The second-order valence-corrected chi connectivity index (χ2v) is 3.10. The molecule has 0 bridgehead atoms. The van der Waals surface area contributed by atoms with Crippen LogP contribution in [0.25, 0.3) is 0 Å². The van der Waals surface area contributed by atoms with E-state index in [1.165, 1.54) is 19.5 Å². The average molecular weight is 142 g/mol.